The summed E-state index contributed by atoms with van der Waals surface area (Å²) in [4.78, 5) is 15.9. The number of rotatable bonds is 6. The lowest BCUT2D eigenvalue weighted by molar-refractivity contribution is 0.0643. The molecule has 2 heterocycles. The molecular formula is C18H27N3O5S. The molecule has 0 unspecified atom stereocenters. The number of hydrogen-bond acceptors (Lipinski definition) is 6. The van der Waals surface area contributed by atoms with Gasteiger partial charge in [-0.25, -0.2) is 13.2 Å². The van der Waals surface area contributed by atoms with Crippen molar-refractivity contribution in [2.24, 2.45) is 0 Å². The average Bonchev–Trinajstić information content (AvgIpc) is 2.69. The zero-order chi connectivity index (χ0) is 19.4. The number of aromatic carboxylic acids is 1. The molecule has 3 rings (SSSR count). The largest absolute Gasteiger partial charge is 0.478 e. The van der Waals surface area contributed by atoms with Crippen LogP contribution in [-0.4, -0.2) is 97.2 Å². The van der Waals surface area contributed by atoms with Gasteiger partial charge in [0.15, 0.2) is 0 Å². The predicted octanol–water partition coefficient (Wildman–Crippen LogP) is 0.148. The molecule has 150 valence electrons. The minimum atomic E-state index is -3.81. The maximum absolute atomic E-state index is 12.9. The lowest BCUT2D eigenvalue weighted by Gasteiger charge is -2.42. The summed E-state index contributed by atoms with van der Waals surface area (Å²) in [5.41, 5.74) is -0.181. The van der Waals surface area contributed by atoms with E-state index in [2.05, 4.69) is 9.80 Å². The van der Waals surface area contributed by atoms with Crippen LogP contribution in [0.2, 0.25) is 0 Å². The monoisotopic (exact) mass is 397 g/mol. The number of piperidine rings is 1. The molecular weight excluding hydrogens is 370 g/mol. The van der Waals surface area contributed by atoms with Crippen LogP contribution in [0.3, 0.4) is 0 Å². The van der Waals surface area contributed by atoms with Gasteiger partial charge >= 0.3 is 5.97 Å². The number of carboxylic acids is 1. The van der Waals surface area contributed by atoms with Crippen LogP contribution < -0.4 is 0 Å². The van der Waals surface area contributed by atoms with Gasteiger partial charge in [0, 0.05) is 51.9 Å². The SMILES string of the molecule is O=C(O)c1ccccc1S(=O)(=O)N1CCC(N2CCN(CCO)CC2)CC1. The van der Waals surface area contributed by atoms with Gasteiger partial charge in [-0.05, 0) is 25.0 Å². The maximum Gasteiger partial charge on any atom is 0.337 e. The third-order valence-electron chi connectivity index (χ3n) is 5.50. The van der Waals surface area contributed by atoms with Crippen molar-refractivity contribution in [2.45, 2.75) is 23.8 Å². The Morgan fingerprint density at radius 2 is 1.67 bits per heavy atom. The number of piperazine rings is 1. The van der Waals surface area contributed by atoms with E-state index in [4.69, 9.17) is 5.11 Å². The lowest BCUT2D eigenvalue weighted by Crippen LogP contribution is -2.54. The van der Waals surface area contributed by atoms with Crippen LogP contribution >= 0.6 is 0 Å². The van der Waals surface area contributed by atoms with Gasteiger partial charge in [-0.3, -0.25) is 9.80 Å². The van der Waals surface area contributed by atoms with Crippen molar-refractivity contribution < 1.29 is 23.4 Å². The van der Waals surface area contributed by atoms with Crippen LogP contribution in [0.4, 0.5) is 0 Å². The number of carbonyl (C=O) groups is 1. The molecule has 0 bridgehead atoms. The summed E-state index contributed by atoms with van der Waals surface area (Å²) >= 11 is 0. The summed E-state index contributed by atoms with van der Waals surface area (Å²) in [5.74, 6) is -1.23. The Hall–Kier alpha value is -1.52. The first-order valence-electron chi connectivity index (χ1n) is 9.33. The molecule has 0 atom stereocenters. The van der Waals surface area contributed by atoms with E-state index in [1.165, 1.54) is 22.5 Å². The summed E-state index contributed by atoms with van der Waals surface area (Å²) in [6, 6.07) is 6.13. The number of aliphatic hydroxyl groups excluding tert-OH is 1. The molecule has 27 heavy (non-hydrogen) atoms. The Morgan fingerprint density at radius 3 is 2.26 bits per heavy atom. The summed E-state index contributed by atoms with van der Waals surface area (Å²) in [5, 5.41) is 18.3. The van der Waals surface area contributed by atoms with Crippen LogP contribution in [0, 0.1) is 0 Å². The standard InChI is InChI=1S/C18H27N3O5S/c22-14-13-19-9-11-20(12-10-19)15-5-7-21(8-6-15)27(25,26)17-4-2-1-3-16(17)18(23)24/h1-4,15,22H,5-14H2,(H,23,24). The zero-order valence-electron chi connectivity index (χ0n) is 15.3. The van der Waals surface area contributed by atoms with E-state index in [0.717, 1.165) is 39.0 Å². The number of benzene rings is 1. The third-order valence-corrected chi connectivity index (χ3v) is 7.46. The third kappa shape index (κ3) is 4.49. The fourth-order valence-corrected chi connectivity index (χ4v) is 5.60. The lowest BCUT2D eigenvalue weighted by atomic mass is 10.0. The molecule has 2 saturated heterocycles. The predicted molar refractivity (Wildman–Crippen MR) is 100 cm³/mol. The van der Waals surface area contributed by atoms with Crippen molar-refractivity contribution in [3.8, 4) is 0 Å². The zero-order valence-corrected chi connectivity index (χ0v) is 16.1. The first-order chi connectivity index (χ1) is 12.9. The number of hydrogen-bond donors (Lipinski definition) is 2. The molecule has 0 aliphatic carbocycles. The smallest absolute Gasteiger partial charge is 0.337 e. The number of β-amino-alcohol motifs (C(OH)–C–C–N with tert-alkyl or cyclic N) is 1. The minimum absolute atomic E-state index is 0.131. The van der Waals surface area contributed by atoms with Gasteiger partial charge in [-0.2, -0.15) is 4.31 Å². The van der Waals surface area contributed by atoms with E-state index in [1.54, 1.807) is 6.07 Å². The molecule has 9 heteroatoms. The van der Waals surface area contributed by atoms with Gasteiger partial charge in [-0.15, -0.1) is 0 Å². The minimum Gasteiger partial charge on any atom is -0.478 e. The van der Waals surface area contributed by atoms with Gasteiger partial charge in [0.05, 0.1) is 17.1 Å². The van der Waals surface area contributed by atoms with Crippen LogP contribution in [0.15, 0.2) is 29.2 Å². The van der Waals surface area contributed by atoms with Crippen LogP contribution in [0.1, 0.15) is 23.2 Å². The first-order valence-corrected chi connectivity index (χ1v) is 10.8. The molecule has 0 saturated carbocycles. The fourth-order valence-electron chi connectivity index (χ4n) is 3.95. The number of nitrogens with zero attached hydrogens (tertiary/aromatic N) is 3. The van der Waals surface area contributed by atoms with Gasteiger partial charge in [0.1, 0.15) is 0 Å². The van der Waals surface area contributed by atoms with Gasteiger partial charge in [0.2, 0.25) is 10.0 Å². The van der Waals surface area contributed by atoms with Gasteiger partial charge < -0.3 is 10.2 Å². The highest BCUT2D eigenvalue weighted by Gasteiger charge is 2.34. The topological polar surface area (TPSA) is 101 Å². The molecule has 0 radical (unpaired) electrons. The summed E-state index contributed by atoms with van der Waals surface area (Å²) in [6.07, 6.45) is 1.49. The van der Waals surface area contributed by atoms with Crippen molar-refractivity contribution >= 4 is 16.0 Å². The Labute approximate surface area is 160 Å². The maximum atomic E-state index is 12.9. The van der Waals surface area contributed by atoms with Crippen molar-refractivity contribution in [1.82, 2.24) is 14.1 Å². The quantitative estimate of drug-likeness (QED) is 0.704. The molecule has 2 fully saturated rings. The number of aliphatic hydroxyl groups is 1. The molecule has 1 aromatic carbocycles. The molecule has 2 aliphatic rings. The molecule has 0 amide bonds. The van der Waals surface area contributed by atoms with E-state index < -0.39 is 16.0 Å². The van der Waals surface area contributed by atoms with Crippen LogP contribution in [-0.2, 0) is 10.0 Å². The Morgan fingerprint density at radius 1 is 1.04 bits per heavy atom. The van der Waals surface area contributed by atoms with Gasteiger partial charge in [0.25, 0.3) is 0 Å². The molecule has 1 aromatic rings. The average molecular weight is 397 g/mol. The second-order valence-electron chi connectivity index (χ2n) is 7.04. The number of carboxylic acid groups (broad SMARTS) is 1. The molecule has 0 spiro atoms. The van der Waals surface area contributed by atoms with Crippen molar-refractivity contribution in [1.29, 1.82) is 0 Å². The van der Waals surface area contributed by atoms with E-state index in [9.17, 15) is 18.3 Å². The fraction of sp³-hybridized carbons (Fsp3) is 0.611. The molecule has 2 aliphatic heterocycles. The molecule has 0 aromatic heterocycles. The Balaban J connectivity index is 1.62. The first kappa shape index (κ1) is 20.2. The normalized spacial score (nSPS) is 21.4. The molecule has 2 N–H and O–H groups in total. The van der Waals surface area contributed by atoms with Gasteiger partial charge in [-0.1, -0.05) is 12.1 Å². The van der Waals surface area contributed by atoms with Crippen LogP contribution in [0.25, 0.3) is 0 Å². The highest BCUT2D eigenvalue weighted by atomic mass is 32.2. The summed E-state index contributed by atoms with van der Waals surface area (Å²) < 4.78 is 27.3. The van der Waals surface area contributed by atoms with Crippen molar-refractivity contribution in [2.75, 3.05) is 52.4 Å². The second-order valence-corrected chi connectivity index (χ2v) is 8.94. The highest BCUT2D eigenvalue weighted by molar-refractivity contribution is 7.89. The van der Waals surface area contributed by atoms with Crippen LogP contribution in [0.5, 0.6) is 0 Å². The van der Waals surface area contributed by atoms with E-state index in [0.29, 0.717) is 25.7 Å². The Kier molecular flexibility index (Phi) is 6.48. The molecule has 8 nitrogen and oxygen atoms in total. The second kappa shape index (κ2) is 8.66. The summed E-state index contributed by atoms with van der Waals surface area (Å²) in [6.45, 7) is 5.38. The van der Waals surface area contributed by atoms with E-state index in [-0.39, 0.29) is 17.1 Å². The Bertz CT molecular complexity index is 754. The van der Waals surface area contributed by atoms with Crippen molar-refractivity contribution in [3.05, 3.63) is 29.8 Å². The van der Waals surface area contributed by atoms with E-state index >= 15 is 0 Å². The van der Waals surface area contributed by atoms with E-state index in [1.807, 2.05) is 0 Å². The highest BCUT2D eigenvalue weighted by Crippen LogP contribution is 2.26. The number of sulfonamides is 1. The summed E-state index contributed by atoms with van der Waals surface area (Å²) in [7, 11) is -3.81. The van der Waals surface area contributed by atoms with Crippen molar-refractivity contribution in [3.63, 3.8) is 0 Å².